The van der Waals surface area contributed by atoms with Gasteiger partial charge in [-0.15, -0.1) is 0 Å². The summed E-state index contributed by atoms with van der Waals surface area (Å²) in [6.45, 7) is 1.35. The van der Waals surface area contributed by atoms with Crippen molar-refractivity contribution in [2.75, 3.05) is 6.54 Å². The Morgan fingerprint density at radius 3 is 2.40 bits per heavy atom. The van der Waals surface area contributed by atoms with Crippen LogP contribution in [-0.4, -0.2) is 40.4 Å². The van der Waals surface area contributed by atoms with Gasteiger partial charge >= 0.3 is 12.0 Å². The van der Waals surface area contributed by atoms with Crippen molar-refractivity contribution in [1.82, 2.24) is 10.6 Å². The number of aliphatic hydroxyl groups is 1. The lowest BCUT2D eigenvalue weighted by Gasteiger charge is -2.21. The molecule has 0 aromatic heterocycles. The smallest absolute Gasteiger partial charge is 0.315 e. The minimum absolute atomic E-state index is 0.0555. The standard InChI is InChI=1S/C14H22N2O4/c1-14(20,5-9(17)18)6-15-13(19)16-12-10-7-2-3-8(4-7)11(10)12/h7-8,10-12,20H,2-6H2,1H3,(H,17,18)(H2,15,16,19). The second-order valence-corrected chi connectivity index (χ2v) is 6.91. The van der Waals surface area contributed by atoms with Crippen LogP contribution in [0, 0.1) is 23.7 Å². The molecule has 3 fully saturated rings. The second kappa shape index (κ2) is 4.62. The largest absolute Gasteiger partial charge is 0.481 e. The first-order valence-electron chi connectivity index (χ1n) is 7.36. The number of aliphatic carboxylic acids is 1. The van der Waals surface area contributed by atoms with Gasteiger partial charge in [-0.1, -0.05) is 0 Å². The third-order valence-electron chi connectivity index (χ3n) is 5.19. The van der Waals surface area contributed by atoms with Crippen LogP contribution in [0.4, 0.5) is 4.79 Å². The molecular formula is C14H22N2O4. The SMILES string of the molecule is CC(O)(CNC(=O)NC1C2C3CCC(C3)C12)CC(=O)O. The van der Waals surface area contributed by atoms with Crippen LogP contribution in [0.15, 0.2) is 0 Å². The molecule has 0 heterocycles. The average Bonchev–Trinajstić information content (AvgIpc) is 2.73. The second-order valence-electron chi connectivity index (χ2n) is 6.91. The van der Waals surface area contributed by atoms with Crippen LogP contribution in [0.3, 0.4) is 0 Å². The Morgan fingerprint density at radius 1 is 1.25 bits per heavy atom. The van der Waals surface area contributed by atoms with E-state index < -0.39 is 11.6 Å². The molecule has 3 aliphatic rings. The normalized spacial score (nSPS) is 39.8. The summed E-state index contributed by atoms with van der Waals surface area (Å²) >= 11 is 0. The van der Waals surface area contributed by atoms with Gasteiger partial charge in [-0.25, -0.2) is 4.79 Å². The monoisotopic (exact) mass is 282 g/mol. The molecule has 20 heavy (non-hydrogen) atoms. The van der Waals surface area contributed by atoms with Crippen LogP contribution in [0.2, 0.25) is 0 Å². The zero-order valence-electron chi connectivity index (χ0n) is 11.6. The summed E-state index contributed by atoms with van der Waals surface area (Å²) in [5.41, 5.74) is -1.42. The van der Waals surface area contributed by atoms with Gasteiger partial charge in [0.05, 0.1) is 12.0 Å². The van der Waals surface area contributed by atoms with Gasteiger partial charge in [-0.05, 0) is 49.9 Å². The van der Waals surface area contributed by atoms with E-state index in [1.165, 1.54) is 26.2 Å². The fourth-order valence-corrected chi connectivity index (χ4v) is 4.38. The predicted octanol–water partition coefficient (Wildman–Crippen LogP) is 0.556. The number of carboxylic acid groups (broad SMARTS) is 1. The highest BCUT2D eigenvalue weighted by molar-refractivity contribution is 5.75. The van der Waals surface area contributed by atoms with Gasteiger partial charge in [-0.3, -0.25) is 4.79 Å². The molecule has 2 amide bonds. The number of carboxylic acids is 1. The van der Waals surface area contributed by atoms with Gasteiger partial charge in [-0.2, -0.15) is 0 Å². The molecule has 0 spiro atoms. The van der Waals surface area contributed by atoms with E-state index in [9.17, 15) is 14.7 Å². The van der Waals surface area contributed by atoms with Crippen molar-refractivity contribution < 1.29 is 19.8 Å². The highest BCUT2D eigenvalue weighted by Crippen LogP contribution is 2.65. The Bertz CT molecular complexity index is 421. The number of amides is 2. The maximum absolute atomic E-state index is 11.8. The fraction of sp³-hybridized carbons (Fsp3) is 0.857. The summed E-state index contributed by atoms with van der Waals surface area (Å²) in [6.07, 6.45) is 3.56. The maximum atomic E-state index is 11.8. The molecule has 0 aromatic rings. The van der Waals surface area contributed by atoms with Gasteiger partial charge in [0.15, 0.2) is 0 Å². The molecule has 0 aliphatic heterocycles. The lowest BCUT2D eigenvalue weighted by atomic mass is 10.0. The number of fused-ring (bicyclic) bond motifs is 5. The topological polar surface area (TPSA) is 98.7 Å². The zero-order valence-corrected chi connectivity index (χ0v) is 11.6. The molecule has 0 saturated heterocycles. The number of carbonyl (C=O) groups excluding carboxylic acids is 1. The zero-order chi connectivity index (χ0) is 14.5. The first-order chi connectivity index (χ1) is 9.37. The first-order valence-corrected chi connectivity index (χ1v) is 7.36. The van der Waals surface area contributed by atoms with Crippen molar-refractivity contribution >= 4 is 12.0 Å². The quantitative estimate of drug-likeness (QED) is 0.592. The molecule has 3 saturated carbocycles. The van der Waals surface area contributed by atoms with Crippen molar-refractivity contribution in [2.24, 2.45) is 23.7 Å². The molecule has 5 atom stereocenters. The van der Waals surface area contributed by atoms with Crippen molar-refractivity contribution in [2.45, 2.75) is 44.2 Å². The van der Waals surface area contributed by atoms with Crippen molar-refractivity contribution in [3.8, 4) is 0 Å². The summed E-state index contributed by atoms with van der Waals surface area (Å²) in [5, 5.41) is 24.0. The Kier molecular flexibility index (Phi) is 3.16. The first kappa shape index (κ1) is 13.7. The molecule has 3 aliphatic carbocycles. The van der Waals surface area contributed by atoms with Gasteiger partial charge in [0.1, 0.15) is 0 Å². The highest BCUT2D eigenvalue weighted by atomic mass is 16.4. The molecule has 5 unspecified atom stereocenters. The van der Waals surface area contributed by atoms with E-state index in [4.69, 9.17) is 5.11 Å². The maximum Gasteiger partial charge on any atom is 0.315 e. The summed E-state index contributed by atoms with van der Waals surface area (Å²) in [5.74, 6) is 1.85. The van der Waals surface area contributed by atoms with Crippen LogP contribution in [0.5, 0.6) is 0 Å². The molecule has 6 heteroatoms. The van der Waals surface area contributed by atoms with Crippen molar-refractivity contribution in [3.05, 3.63) is 0 Å². The van der Waals surface area contributed by atoms with Crippen molar-refractivity contribution in [1.29, 1.82) is 0 Å². The average molecular weight is 282 g/mol. The fourth-order valence-electron chi connectivity index (χ4n) is 4.38. The molecule has 0 radical (unpaired) electrons. The van der Waals surface area contributed by atoms with E-state index in [0.717, 1.165) is 11.8 Å². The summed E-state index contributed by atoms with van der Waals surface area (Å²) in [4.78, 5) is 22.4. The lowest BCUT2D eigenvalue weighted by molar-refractivity contribution is -0.141. The Morgan fingerprint density at radius 2 is 1.85 bits per heavy atom. The number of hydrogen-bond donors (Lipinski definition) is 4. The van der Waals surface area contributed by atoms with E-state index in [1.54, 1.807) is 0 Å². The van der Waals surface area contributed by atoms with Gasteiger partial charge in [0, 0.05) is 12.6 Å². The number of urea groups is 1. The molecule has 112 valence electrons. The number of rotatable bonds is 5. The minimum Gasteiger partial charge on any atom is -0.481 e. The lowest BCUT2D eigenvalue weighted by Crippen LogP contribution is -2.47. The van der Waals surface area contributed by atoms with E-state index in [-0.39, 0.29) is 19.0 Å². The van der Waals surface area contributed by atoms with Crippen LogP contribution in [0.25, 0.3) is 0 Å². The van der Waals surface area contributed by atoms with Gasteiger partial charge in [0.25, 0.3) is 0 Å². The van der Waals surface area contributed by atoms with Crippen LogP contribution in [0.1, 0.15) is 32.6 Å². The Hall–Kier alpha value is -1.30. The summed E-state index contributed by atoms with van der Waals surface area (Å²) < 4.78 is 0. The molecule has 2 bridgehead atoms. The molecule has 4 N–H and O–H groups in total. The molecule has 0 aromatic carbocycles. The van der Waals surface area contributed by atoms with E-state index in [2.05, 4.69) is 10.6 Å². The van der Waals surface area contributed by atoms with Crippen LogP contribution in [-0.2, 0) is 4.79 Å². The molecule has 6 nitrogen and oxygen atoms in total. The summed E-state index contributed by atoms with van der Waals surface area (Å²) in [6, 6.07) is 0.000126. The highest BCUT2D eigenvalue weighted by Gasteiger charge is 2.65. The van der Waals surface area contributed by atoms with E-state index in [0.29, 0.717) is 17.9 Å². The number of nitrogens with one attached hydrogen (secondary N) is 2. The Balaban J connectivity index is 1.42. The number of carbonyl (C=O) groups is 2. The third kappa shape index (κ3) is 2.49. The van der Waals surface area contributed by atoms with E-state index in [1.807, 2.05) is 0 Å². The van der Waals surface area contributed by atoms with Gasteiger partial charge in [0.2, 0.25) is 0 Å². The molecule has 3 rings (SSSR count). The van der Waals surface area contributed by atoms with Crippen molar-refractivity contribution in [3.63, 3.8) is 0 Å². The molecular weight excluding hydrogens is 260 g/mol. The minimum atomic E-state index is -1.42. The van der Waals surface area contributed by atoms with Crippen LogP contribution < -0.4 is 10.6 Å². The third-order valence-corrected chi connectivity index (χ3v) is 5.19. The number of hydrogen-bond acceptors (Lipinski definition) is 3. The van der Waals surface area contributed by atoms with E-state index >= 15 is 0 Å². The van der Waals surface area contributed by atoms with Crippen LogP contribution >= 0.6 is 0 Å². The summed E-state index contributed by atoms with van der Waals surface area (Å²) in [7, 11) is 0. The Labute approximate surface area is 117 Å². The van der Waals surface area contributed by atoms with Gasteiger partial charge < -0.3 is 20.8 Å². The predicted molar refractivity (Wildman–Crippen MR) is 71.0 cm³/mol.